The van der Waals surface area contributed by atoms with Crippen molar-refractivity contribution in [3.05, 3.63) is 82.7 Å². The van der Waals surface area contributed by atoms with Crippen LogP contribution in [0, 0.1) is 25.2 Å². The highest BCUT2D eigenvalue weighted by atomic mass is 16.5. The second-order valence-corrected chi connectivity index (χ2v) is 8.41. The Morgan fingerprint density at radius 3 is 2.44 bits per heavy atom. The number of hydrogen-bond acceptors (Lipinski definition) is 4. The molecule has 174 valence electrons. The molecule has 6 heteroatoms. The zero-order valence-corrected chi connectivity index (χ0v) is 20.0. The van der Waals surface area contributed by atoms with Crippen LogP contribution in [0.2, 0.25) is 0 Å². The van der Waals surface area contributed by atoms with Gasteiger partial charge in [0.05, 0.1) is 13.2 Å². The Morgan fingerprint density at radius 2 is 1.76 bits per heavy atom. The van der Waals surface area contributed by atoms with Crippen LogP contribution in [-0.4, -0.2) is 36.8 Å². The molecule has 0 saturated carbocycles. The molecular formula is C28H30N4O2. The summed E-state index contributed by atoms with van der Waals surface area (Å²) in [6, 6.07) is 20.2. The van der Waals surface area contributed by atoms with E-state index >= 15 is 0 Å². The largest absolute Gasteiger partial charge is 0.378 e. The van der Waals surface area contributed by atoms with Gasteiger partial charge in [-0.15, -0.1) is 0 Å². The summed E-state index contributed by atoms with van der Waals surface area (Å²) in [4.78, 5) is 15.2. The molecular weight excluding hydrogens is 424 g/mol. The van der Waals surface area contributed by atoms with Gasteiger partial charge in [-0.2, -0.15) is 5.26 Å². The molecule has 1 aromatic heterocycles. The van der Waals surface area contributed by atoms with Gasteiger partial charge in [-0.25, -0.2) is 0 Å². The Balaban J connectivity index is 1.58. The summed E-state index contributed by atoms with van der Waals surface area (Å²) in [6.07, 6.45) is 2.47. The first-order chi connectivity index (χ1) is 16.5. The highest BCUT2D eigenvalue weighted by Gasteiger charge is 2.16. The van der Waals surface area contributed by atoms with E-state index in [2.05, 4.69) is 45.1 Å². The summed E-state index contributed by atoms with van der Waals surface area (Å²) in [5, 5.41) is 12.6. The molecule has 1 aliphatic heterocycles. The van der Waals surface area contributed by atoms with E-state index in [9.17, 15) is 10.1 Å². The monoisotopic (exact) mass is 454 g/mol. The lowest BCUT2D eigenvalue weighted by atomic mass is 10.1. The lowest BCUT2D eigenvalue weighted by molar-refractivity contribution is -0.112. The number of nitriles is 1. The zero-order valence-electron chi connectivity index (χ0n) is 20.0. The van der Waals surface area contributed by atoms with Crippen LogP contribution in [-0.2, 0) is 16.0 Å². The minimum absolute atomic E-state index is 0.0776. The molecule has 0 bridgehead atoms. The molecule has 4 rings (SSSR count). The first-order valence-electron chi connectivity index (χ1n) is 11.6. The van der Waals surface area contributed by atoms with E-state index in [0.717, 1.165) is 66.6 Å². The minimum Gasteiger partial charge on any atom is -0.378 e. The molecule has 34 heavy (non-hydrogen) atoms. The quantitative estimate of drug-likeness (QED) is 0.419. The van der Waals surface area contributed by atoms with Gasteiger partial charge in [-0.05, 0) is 73.9 Å². The predicted octanol–water partition coefficient (Wildman–Crippen LogP) is 5.04. The van der Waals surface area contributed by atoms with E-state index < -0.39 is 5.91 Å². The van der Waals surface area contributed by atoms with Gasteiger partial charge in [0.1, 0.15) is 11.6 Å². The Bertz CT molecular complexity index is 1240. The Kier molecular flexibility index (Phi) is 7.15. The molecule has 0 radical (unpaired) electrons. The van der Waals surface area contributed by atoms with E-state index in [0.29, 0.717) is 0 Å². The number of benzene rings is 2. The second kappa shape index (κ2) is 10.4. The highest BCUT2D eigenvalue weighted by molar-refractivity contribution is 6.10. The molecule has 1 N–H and O–H groups in total. The van der Waals surface area contributed by atoms with Crippen LogP contribution in [0.1, 0.15) is 29.4 Å². The number of para-hydroxylation sites is 1. The van der Waals surface area contributed by atoms with Crippen LogP contribution in [0.15, 0.2) is 60.2 Å². The van der Waals surface area contributed by atoms with Crippen molar-refractivity contribution >= 4 is 23.4 Å². The SMILES string of the molecule is CCc1ccccc1NC(=O)/C(C#N)=C/c1cc(C)n(-c2ccc(N3CCOCC3)cc2)c1C. The number of ether oxygens (including phenoxy) is 1. The van der Waals surface area contributed by atoms with E-state index in [1.807, 2.05) is 51.1 Å². The maximum atomic E-state index is 12.9. The molecule has 3 aromatic rings. The van der Waals surface area contributed by atoms with Gasteiger partial charge in [-0.1, -0.05) is 25.1 Å². The van der Waals surface area contributed by atoms with Gasteiger partial charge < -0.3 is 19.5 Å². The average molecular weight is 455 g/mol. The molecule has 1 saturated heterocycles. The zero-order chi connectivity index (χ0) is 24.1. The standard InChI is InChI=1S/C28H30N4O2/c1-4-22-7-5-6-8-27(22)30-28(33)24(19-29)18-23-17-20(2)32(21(23)3)26-11-9-25(10-12-26)31-13-15-34-16-14-31/h5-12,17-18H,4,13-16H2,1-3H3,(H,30,33)/b24-18+. The van der Waals surface area contributed by atoms with Crippen LogP contribution in [0.5, 0.6) is 0 Å². The van der Waals surface area contributed by atoms with Gasteiger partial charge in [0.15, 0.2) is 0 Å². The van der Waals surface area contributed by atoms with Crippen molar-refractivity contribution in [2.24, 2.45) is 0 Å². The number of carbonyl (C=O) groups excluding carboxylic acids is 1. The number of nitrogens with zero attached hydrogens (tertiary/aromatic N) is 3. The summed E-state index contributed by atoms with van der Waals surface area (Å²) >= 11 is 0. The molecule has 0 unspecified atom stereocenters. The number of nitrogens with one attached hydrogen (secondary N) is 1. The number of anilines is 2. The van der Waals surface area contributed by atoms with Crippen molar-refractivity contribution in [3.63, 3.8) is 0 Å². The van der Waals surface area contributed by atoms with Crippen molar-refractivity contribution in [1.29, 1.82) is 5.26 Å². The number of aryl methyl sites for hydroxylation is 2. The molecule has 2 heterocycles. The average Bonchev–Trinajstić information content (AvgIpc) is 3.15. The third-order valence-corrected chi connectivity index (χ3v) is 6.27. The highest BCUT2D eigenvalue weighted by Crippen LogP contribution is 2.26. The van der Waals surface area contributed by atoms with Gasteiger partial charge in [0.25, 0.3) is 5.91 Å². The van der Waals surface area contributed by atoms with E-state index in [1.54, 1.807) is 6.08 Å². The number of rotatable bonds is 6. The van der Waals surface area contributed by atoms with Crippen LogP contribution in [0.25, 0.3) is 11.8 Å². The molecule has 6 nitrogen and oxygen atoms in total. The lowest BCUT2D eigenvalue weighted by Gasteiger charge is -2.29. The first kappa shape index (κ1) is 23.3. The minimum atomic E-state index is -0.400. The third kappa shape index (κ3) is 4.90. The van der Waals surface area contributed by atoms with E-state index in [4.69, 9.17) is 4.74 Å². The topological polar surface area (TPSA) is 70.3 Å². The second-order valence-electron chi connectivity index (χ2n) is 8.41. The van der Waals surface area contributed by atoms with Gasteiger partial charge >= 0.3 is 0 Å². The maximum Gasteiger partial charge on any atom is 0.266 e. The number of hydrogen-bond donors (Lipinski definition) is 1. The van der Waals surface area contributed by atoms with E-state index in [1.165, 1.54) is 5.69 Å². The Morgan fingerprint density at radius 1 is 1.09 bits per heavy atom. The van der Waals surface area contributed by atoms with Crippen molar-refractivity contribution in [2.45, 2.75) is 27.2 Å². The van der Waals surface area contributed by atoms with Crippen LogP contribution < -0.4 is 10.2 Å². The predicted molar refractivity (Wildman–Crippen MR) is 136 cm³/mol. The fraction of sp³-hybridized carbons (Fsp3) is 0.286. The number of aromatic nitrogens is 1. The summed E-state index contributed by atoms with van der Waals surface area (Å²) in [5.41, 5.74) is 6.95. The number of amides is 1. The van der Waals surface area contributed by atoms with Crippen LogP contribution in [0.3, 0.4) is 0 Å². The maximum absolute atomic E-state index is 12.9. The third-order valence-electron chi connectivity index (χ3n) is 6.27. The van der Waals surface area contributed by atoms with Gasteiger partial charge in [0, 0.05) is 41.5 Å². The first-order valence-corrected chi connectivity index (χ1v) is 11.6. The lowest BCUT2D eigenvalue weighted by Crippen LogP contribution is -2.36. The van der Waals surface area contributed by atoms with Gasteiger partial charge in [0.2, 0.25) is 0 Å². The fourth-order valence-electron chi connectivity index (χ4n) is 4.41. The molecule has 0 spiro atoms. The fourth-order valence-corrected chi connectivity index (χ4v) is 4.41. The summed E-state index contributed by atoms with van der Waals surface area (Å²) in [5.74, 6) is -0.400. The summed E-state index contributed by atoms with van der Waals surface area (Å²) < 4.78 is 7.60. The molecule has 1 amide bonds. The Hall–Kier alpha value is -3.82. The smallest absolute Gasteiger partial charge is 0.266 e. The van der Waals surface area contributed by atoms with Crippen LogP contribution >= 0.6 is 0 Å². The van der Waals surface area contributed by atoms with Crippen molar-refractivity contribution < 1.29 is 9.53 Å². The summed E-state index contributed by atoms with van der Waals surface area (Å²) in [6.45, 7) is 9.39. The molecule has 1 aliphatic rings. The van der Waals surface area contributed by atoms with Gasteiger partial charge in [-0.3, -0.25) is 4.79 Å². The summed E-state index contributed by atoms with van der Waals surface area (Å²) in [7, 11) is 0. The van der Waals surface area contributed by atoms with Crippen molar-refractivity contribution in [1.82, 2.24) is 4.57 Å². The van der Waals surface area contributed by atoms with E-state index in [-0.39, 0.29) is 5.57 Å². The normalized spacial score (nSPS) is 14.1. The van der Waals surface area contributed by atoms with Crippen molar-refractivity contribution in [3.8, 4) is 11.8 Å². The molecule has 1 fully saturated rings. The number of morpholine rings is 1. The van der Waals surface area contributed by atoms with Crippen LogP contribution in [0.4, 0.5) is 11.4 Å². The molecule has 0 atom stereocenters. The Labute approximate surface area is 201 Å². The number of carbonyl (C=O) groups is 1. The van der Waals surface area contributed by atoms with Crippen molar-refractivity contribution in [2.75, 3.05) is 36.5 Å². The molecule has 2 aromatic carbocycles. The molecule has 0 aliphatic carbocycles.